The van der Waals surface area contributed by atoms with E-state index in [2.05, 4.69) is 9.97 Å². The molecular weight excluding hydrogens is 170 g/mol. The minimum Gasteiger partial charge on any atom is -0.506 e. The van der Waals surface area contributed by atoms with Crippen molar-refractivity contribution < 1.29 is 9.90 Å². The van der Waals surface area contributed by atoms with Crippen LogP contribution in [0.5, 0.6) is 5.75 Å². The molecule has 0 spiro atoms. The second kappa shape index (κ2) is 2.48. The quantitative estimate of drug-likeness (QED) is 0.587. The van der Waals surface area contributed by atoms with Crippen LogP contribution in [-0.2, 0) is 0 Å². The van der Waals surface area contributed by atoms with E-state index in [1.807, 2.05) is 0 Å². The van der Waals surface area contributed by atoms with Crippen molar-refractivity contribution in [3.05, 3.63) is 24.0 Å². The van der Waals surface area contributed by atoms with Crippen molar-refractivity contribution in [1.29, 1.82) is 0 Å². The molecule has 1 aromatic heterocycles. The zero-order valence-electron chi connectivity index (χ0n) is 6.61. The van der Waals surface area contributed by atoms with Crippen molar-refractivity contribution in [3.63, 3.8) is 0 Å². The zero-order valence-corrected chi connectivity index (χ0v) is 6.61. The van der Waals surface area contributed by atoms with Gasteiger partial charge < -0.3 is 15.8 Å². The van der Waals surface area contributed by atoms with Crippen molar-refractivity contribution in [2.24, 2.45) is 5.73 Å². The number of fused-ring (bicyclic) bond motifs is 1. The number of H-pyrrole nitrogens is 1. The highest BCUT2D eigenvalue weighted by atomic mass is 16.3. The second-order valence-corrected chi connectivity index (χ2v) is 2.66. The maximum Gasteiger partial charge on any atom is 0.248 e. The number of imidazole rings is 1. The van der Waals surface area contributed by atoms with Crippen molar-refractivity contribution in [2.75, 3.05) is 0 Å². The number of nitrogens with one attached hydrogen (secondary N) is 1. The van der Waals surface area contributed by atoms with E-state index in [4.69, 9.17) is 5.73 Å². The highest BCUT2D eigenvalue weighted by Crippen LogP contribution is 2.22. The molecular formula is C8H7N3O2. The number of primary amides is 1. The van der Waals surface area contributed by atoms with Crippen molar-refractivity contribution in [3.8, 4) is 5.75 Å². The minimum atomic E-state index is -0.577. The normalized spacial score (nSPS) is 10.5. The number of nitrogens with two attached hydrogens (primary N) is 1. The van der Waals surface area contributed by atoms with Gasteiger partial charge in [-0.3, -0.25) is 4.79 Å². The standard InChI is InChI=1S/C8H7N3O2/c9-8(13)4-1-5-7(6(12)2-4)11-3-10-5/h1-3,12H,(H2,9,13)(H,10,11). The number of aromatic amines is 1. The fourth-order valence-electron chi connectivity index (χ4n) is 1.17. The Morgan fingerprint density at radius 2 is 2.31 bits per heavy atom. The number of aromatic nitrogens is 2. The van der Waals surface area contributed by atoms with Gasteiger partial charge in [-0.15, -0.1) is 0 Å². The summed E-state index contributed by atoms with van der Waals surface area (Å²) in [5.41, 5.74) is 6.34. The number of carbonyl (C=O) groups excluding carboxylic acids is 1. The molecule has 4 N–H and O–H groups in total. The molecule has 0 saturated carbocycles. The van der Waals surface area contributed by atoms with Crippen LogP contribution < -0.4 is 5.73 Å². The van der Waals surface area contributed by atoms with Crippen LogP contribution in [0.2, 0.25) is 0 Å². The molecule has 5 nitrogen and oxygen atoms in total. The monoisotopic (exact) mass is 177 g/mol. The van der Waals surface area contributed by atoms with Gasteiger partial charge in [0, 0.05) is 5.56 Å². The third-order valence-electron chi connectivity index (χ3n) is 1.79. The molecule has 0 aliphatic heterocycles. The van der Waals surface area contributed by atoms with E-state index < -0.39 is 5.91 Å². The van der Waals surface area contributed by atoms with E-state index in [9.17, 15) is 9.90 Å². The van der Waals surface area contributed by atoms with Crippen molar-refractivity contribution in [2.45, 2.75) is 0 Å². The van der Waals surface area contributed by atoms with E-state index >= 15 is 0 Å². The lowest BCUT2D eigenvalue weighted by atomic mass is 10.2. The minimum absolute atomic E-state index is 0.0486. The molecule has 0 saturated heterocycles. The molecule has 1 aromatic carbocycles. The molecule has 0 unspecified atom stereocenters. The number of benzene rings is 1. The van der Waals surface area contributed by atoms with Crippen LogP contribution >= 0.6 is 0 Å². The molecule has 2 rings (SSSR count). The lowest BCUT2D eigenvalue weighted by molar-refractivity contribution is 0.1000. The van der Waals surface area contributed by atoms with Crippen LogP contribution in [0.25, 0.3) is 11.0 Å². The number of hydrogen-bond acceptors (Lipinski definition) is 3. The maximum absolute atomic E-state index is 10.8. The topological polar surface area (TPSA) is 92.0 Å². The Bertz CT molecular complexity index is 475. The first kappa shape index (κ1) is 7.60. The molecule has 0 aliphatic rings. The molecule has 13 heavy (non-hydrogen) atoms. The summed E-state index contributed by atoms with van der Waals surface area (Å²) >= 11 is 0. The molecule has 0 atom stereocenters. The summed E-state index contributed by atoms with van der Waals surface area (Å²) in [4.78, 5) is 17.4. The van der Waals surface area contributed by atoms with Gasteiger partial charge in [-0.1, -0.05) is 0 Å². The van der Waals surface area contributed by atoms with Crippen LogP contribution in [0, 0.1) is 0 Å². The van der Waals surface area contributed by atoms with Crippen LogP contribution in [-0.4, -0.2) is 21.0 Å². The number of carbonyl (C=O) groups is 1. The van der Waals surface area contributed by atoms with Crippen LogP contribution in [0.15, 0.2) is 18.5 Å². The second-order valence-electron chi connectivity index (χ2n) is 2.66. The first-order valence-corrected chi connectivity index (χ1v) is 3.64. The first-order chi connectivity index (χ1) is 6.18. The fraction of sp³-hybridized carbons (Fsp3) is 0. The van der Waals surface area contributed by atoms with Gasteiger partial charge in [-0.05, 0) is 12.1 Å². The third-order valence-corrected chi connectivity index (χ3v) is 1.79. The summed E-state index contributed by atoms with van der Waals surface area (Å²) < 4.78 is 0. The Morgan fingerprint density at radius 3 is 3.00 bits per heavy atom. The Balaban J connectivity index is 2.77. The van der Waals surface area contributed by atoms with E-state index in [1.165, 1.54) is 12.4 Å². The van der Waals surface area contributed by atoms with Crippen LogP contribution in [0.3, 0.4) is 0 Å². The van der Waals surface area contributed by atoms with Gasteiger partial charge in [0.25, 0.3) is 0 Å². The lowest BCUT2D eigenvalue weighted by Crippen LogP contribution is -2.10. The largest absolute Gasteiger partial charge is 0.506 e. The number of amides is 1. The predicted octanol–water partition coefficient (Wildman–Crippen LogP) is 0.367. The van der Waals surface area contributed by atoms with Gasteiger partial charge in [0.15, 0.2) is 0 Å². The summed E-state index contributed by atoms with van der Waals surface area (Å²) in [6.07, 6.45) is 1.44. The van der Waals surface area contributed by atoms with E-state index in [1.54, 1.807) is 6.07 Å². The Morgan fingerprint density at radius 1 is 1.54 bits per heavy atom. The smallest absolute Gasteiger partial charge is 0.248 e. The van der Waals surface area contributed by atoms with E-state index in [-0.39, 0.29) is 11.3 Å². The van der Waals surface area contributed by atoms with Gasteiger partial charge in [-0.25, -0.2) is 4.98 Å². The summed E-state index contributed by atoms with van der Waals surface area (Å²) in [7, 11) is 0. The Kier molecular flexibility index (Phi) is 1.45. The predicted molar refractivity (Wildman–Crippen MR) is 46.3 cm³/mol. The number of phenolic OH excluding ortho intramolecular Hbond substituents is 1. The molecule has 66 valence electrons. The van der Waals surface area contributed by atoms with E-state index in [0.29, 0.717) is 11.0 Å². The van der Waals surface area contributed by atoms with Crippen molar-refractivity contribution in [1.82, 2.24) is 9.97 Å². The highest BCUT2D eigenvalue weighted by Gasteiger charge is 2.07. The number of nitrogens with zero attached hydrogens (tertiary/aromatic N) is 1. The van der Waals surface area contributed by atoms with Crippen molar-refractivity contribution >= 4 is 16.9 Å². The zero-order chi connectivity index (χ0) is 9.42. The average molecular weight is 177 g/mol. The number of phenols is 1. The summed E-state index contributed by atoms with van der Waals surface area (Å²) in [5.74, 6) is -0.626. The van der Waals surface area contributed by atoms with Gasteiger partial charge in [-0.2, -0.15) is 0 Å². The average Bonchev–Trinajstić information content (AvgIpc) is 2.51. The summed E-state index contributed by atoms with van der Waals surface area (Å²) in [6, 6.07) is 2.84. The van der Waals surface area contributed by atoms with Gasteiger partial charge in [0.05, 0.1) is 11.8 Å². The molecule has 5 heteroatoms. The third kappa shape index (κ3) is 1.10. The molecule has 2 aromatic rings. The molecule has 1 amide bonds. The van der Waals surface area contributed by atoms with Crippen LogP contribution in [0.1, 0.15) is 10.4 Å². The SMILES string of the molecule is NC(=O)c1cc(O)c2nc[nH]c2c1. The molecule has 0 aliphatic carbocycles. The maximum atomic E-state index is 10.8. The number of hydrogen-bond donors (Lipinski definition) is 3. The van der Waals surface area contributed by atoms with Gasteiger partial charge in [0.1, 0.15) is 11.3 Å². The fourth-order valence-corrected chi connectivity index (χ4v) is 1.17. The van der Waals surface area contributed by atoms with Gasteiger partial charge in [0.2, 0.25) is 5.91 Å². The highest BCUT2D eigenvalue weighted by molar-refractivity contribution is 5.97. The number of rotatable bonds is 1. The summed E-state index contributed by atoms with van der Waals surface area (Å²) in [5, 5.41) is 9.40. The first-order valence-electron chi connectivity index (χ1n) is 3.64. The van der Waals surface area contributed by atoms with E-state index in [0.717, 1.165) is 0 Å². The molecule has 1 heterocycles. The Hall–Kier alpha value is -2.04. The summed E-state index contributed by atoms with van der Waals surface area (Å²) in [6.45, 7) is 0. The van der Waals surface area contributed by atoms with Crippen LogP contribution in [0.4, 0.5) is 0 Å². The number of aromatic hydroxyl groups is 1. The molecule has 0 bridgehead atoms. The van der Waals surface area contributed by atoms with Gasteiger partial charge >= 0.3 is 0 Å². The molecule has 0 radical (unpaired) electrons. The molecule has 0 fully saturated rings. The lowest BCUT2D eigenvalue weighted by Gasteiger charge is -1.97. The Labute approximate surface area is 73.2 Å².